The van der Waals surface area contributed by atoms with E-state index in [9.17, 15) is 0 Å². The molecule has 4 heterocycles. The van der Waals surface area contributed by atoms with Crippen LogP contribution in [0.2, 0.25) is 0 Å². The Hall–Kier alpha value is -5.76. The van der Waals surface area contributed by atoms with Gasteiger partial charge in [-0.2, -0.15) is 0 Å². The number of furan rings is 1. The van der Waals surface area contributed by atoms with Gasteiger partial charge < -0.3 is 8.98 Å². The molecular formula is C45H32N4OS. The maximum atomic E-state index is 6.58. The summed E-state index contributed by atoms with van der Waals surface area (Å²) in [5.74, 6) is 0. The minimum absolute atomic E-state index is 0.0714. The molecule has 10 aromatic rings. The Morgan fingerprint density at radius 3 is 2.04 bits per heavy atom. The Bertz CT molecular complexity index is 2940. The quantitative estimate of drug-likeness (QED) is 0.174. The van der Waals surface area contributed by atoms with Crippen LogP contribution in [0.25, 0.3) is 69.6 Å². The monoisotopic (exact) mass is 676 g/mol. The van der Waals surface area contributed by atoms with E-state index in [-0.39, 0.29) is 18.5 Å². The Kier molecular flexibility index (Phi) is 6.48. The number of aromatic nitrogens is 1. The largest absolute Gasteiger partial charge is 0.454 e. The summed E-state index contributed by atoms with van der Waals surface area (Å²) in [6.07, 6.45) is -0.300. The molecule has 5 nitrogen and oxygen atoms in total. The number of hydrogen-bond donors (Lipinski definition) is 3. The molecule has 3 atom stereocenters. The van der Waals surface area contributed by atoms with E-state index >= 15 is 0 Å². The van der Waals surface area contributed by atoms with Gasteiger partial charge in [-0.15, -0.1) is 11.3 Å². The summed E-state index contributed by atoms with van der Waals surface area (Å²) in [4.78, 5) is 0. The van der Waals surface area contributed by atoms with Gasteiger partial charge in [0.15, 0.2) is 5.58 Å². The van der Waals surface area contributed by atoms with Crippen molar-refractivity contribution < 1.29 is 4.42 Å². The van der Waals surface area contributed by atoms with Crippen LogP contribution in [0.1, 0.15) is 35.2 Å². The molecule has 0 radical (unpaired) electrons. The summed E-state index contributed by atoms with van der Waals surface area (Å²) in [6.45, 7) is 0. The fourth-order valence-electron chi connectivity index (χ4n) is 8.19. The molecule has 11 rings (SSSR count). The molecule has 0 aliphatic carbocycles. The van der Waals surface area contributed by atoms with Crippen LogP contribution in [-0.2, 0) is 0 Å². The Balaban J connectivity index is 1.09. The molecule has 3 N–H and O–H groups in total. The number of rotatable bonds is 4. The van der Waals surface area contributed by atoms with Crippen molar-refractivity contribution in [2.24, 2.45) is 0 Å². The predicted molar refractivity (Wildman–Crippen MR) is 211 cm³/mol. The third kappa shape index (κ3) is 4.51. The second-order valence-corrected chi connectivity index (χ2v) is 14.5. The summed E-state index contributed by atoms with van der Waals surface area (Å²) in [5.41, 5.74) is 8.75. The third-order valence-corrected chi connectivity index (χ3v) is 11.8. The molecule has 0 bridgehead atoms. The minimum atomic E-state index is -0.135. The molecule has 0 saturated carbocycles. The predicted octanol–water partition coefficient (Wildman–Crippen LogP) is 11.2. The lowest BCUT2D eigenvalue weighted by atomic mass is 10.0. The van der Waals surface area contributed by atoms with Crippen LogP contribution in [0.15, 0.2) is 162 Å². The molecule has 1 aliphatic rings. The molecule has 1 fully saturated rings. The summed E-state index contributed by atoms with van der Waals surface area (Å²) < 4.78 is 11.6. The molecule has 0 amide bonds. The van der Waals surface area contributed by atoms with E-state index in [4.69, 9.17) is 4.42 Å². The van der Waals surface area contributed by atoms with Crippen LogP contribution < -0.4 is 16.0 Å². The molecule has 244 valence electrons. The highest BCUT2D eigenvalue weighted by Crippen LogP contribution is 2.41. The van der Waals surface area contributed by atoms with Crippen molar-refractivity contribution in [3.63, 3.8) is 0 Å². The lowest BCUT2D eigenvalue weighted by molar-refractivity contribution is 0.204. The van der Waals surface area contributed by atoms with Gasteiger partial charge in [0, 0.05) is 47.3 Å². The van der Waals surface area contributed by atoms with E-state index in [1.807, 2.05) is 17.4 Å². The Labute approximate surface area is 297 Å². The number of nitrogens with one attached hydrogen (secondary N) is 3. The zero-order valence-electron chi connectivity index (χ0n) is 27.5. The number of fused-ring (bicyclic) bond motifs is 9. The Morgan fingerprint density at radius 1 is 0.471 bits per heavy atom. The van der Waals surface area contributed by atoms with Crippen molar-refractivity contribution >= 4 is 75.3 Å². The smallest absolute Gasteiger partial charge is 0.159 e. The molecular weight excluding hydrogens is 645 g/mol. The number of nitrogens with zero attached hydrogens (tertiary/aromatic N) is 1. The minimum Gasteiger partial charge on any atom is -0.454 e. The topological polar surface area (TPSA) is 54.2 Å². The molecule has 0 spiro atoms. The fourth-order valence-corrected chi connectivity index (χ4v) is 9.43. The van der Waals surface area contributed by atoms with Crippen LogP contribution in [0.4, 0.5) is 0 Å². The van der Waals surface area contributed by atoms with Gasteiger partial charge in [-0.1, -0.05) is 127 Å². The first kappa shape index (κ1) is 29.0. The second-order valence-electron chi connectivity index (χ2n) is 13.4. The van der Waals surface area contributed by atoms with Gasteiger partial charge in [0.25, 0.3) is 0 Å². The number of thiophene rings is 1. The highest BCUT2D eigenvalue weighted by molar-refractivity contribution is 7.26. The van der Waals surface area contributed by atoms with E-state index in [1.54, 1.807) is 0 Å². The van der Waals surface area contributed by atoms with Gasteiger partial charge in [-0.25, -0.2) is 0 Å². The van der Waals surface area contributed by atoms with Crippen molar-refractivity contribution in [2.75, 3.05) is 0 Å². The standard InChI is InChI=1S/C45H32N4OS/c1-2-12-27(13-3-1)43-46-44(48-45(47-43)35-19-10-18-34-32-16-6-9-23-40(32)51-42(34)35)28-24-25-30-29-14-4-7-20-36(29)49(38(30)26-28)37-21-11-17-33-31-15-5-8-22-39(31)50-41(33)37/h1-26,43-48H. The first-order chi connectivity index (χ1) is 25.3. The van der Waals surface area contributed by atoms with Gasteiger partial charge in [0.05, 0.1) is 35.2 Å². The van der Waals surface area contributed by atoms with Crippen LogP contribution in [0, 0.1) is 0 Å². The average molecular weight is 677 g/mol. The molecule has 51 heavy (non-hydrogen) atoms. The molecule has 1 aliphatic heterocycles. The number of para-hydroxylation sites is 3. The zero-order valence-corrected chi connectivity index (χ0v) is 28.3. The maximum absolute atomic E-state index is 6.58. The summed E-state index contributed by atoms with van der Waals surface area (Å²) in [5, 5.41) is 19.1. The average Bonchev–Trinajstić information content (AvgIpc) is 3.87. The van der Waals surface area contributed by atoms with Gasteiger partial charge in [-0.05, 0) is 41.5 Å². The van der Waals surface area contributed by atoms with E-state index in [2.05, 4.69) is 172 Å². The molecule has 1 saturated heterocycles. The zero-order chi connectivity index (χ0) is 33.5. The van der Waals surface area contributed by atoms with Crippen molar-refractivity contribution in [1.29, 1.82) is 0 Å². The van der Waals surface area contributed by atoms with Crippen molar-refractivity contribution in [3.05, 3.63) is 174 Å². The normalized spacial score (nSPS) is 18.2. The van der Waals surface area contributed by atoms with E-state index in [0.29, 0.717) is 0 Å². The van der Waals surface area contributed by atoms with Gasteiger partial charge in [-0.3, -0.25) is 16.0 Å². The van der Waals surface area contributed by atoms with Gasteiger partial charge >= 0.3 is 0 Å². The highest BCUT2D eigenvalue weighted by atomic mass is 32.1. The SMILES string of the molecule is c1ccc(C2NC(c3ccc4c5ccccc5n(-c5cccc6c5oc5ccccc56)c4c3)NC(c3cccc4c3sc3ccccc34)N2)cc1. The fraction of sp³-hybridized carbons (Fsp3) is 0.0667. The van der Waals surface area contributed by atoms with Crippen LogP contribution >= 0.6 is 11.3 Å². The van der Waals surface area contributed by atoms with Crippen LogP contribution in [-0.4, -0.2) is 4.57 Å². The summed E-state index contributed by atoms with van der Waals surface area (Å²) in [6, 6.07) is 56.5. The van der Waals surface area contributed by atoms with Gasteiger partial charge in [0.1, 0.15) is 5.58 Å². The molecule has 3 unspecified atom stereocenters. The molecule has 6 heteroatoms. The summed E-state index contributed by atoms with van der Waals surface area (Å²) in [7, 11) is 0. The molecule has 3 aromatic heterocycles. The highest BCUT2D eigenvalue weighted by Gasteiger charge is 2.31. The molecule has 7 aromatic carbocycles. The van der Waals surface area contributed by atoms with Crippen molar-refractivity contribution in [2.45, 2.75) is 18.5 Å². The number of benzene rings is 7. The van der Waals surface area contributed by atoms with E-state index in [0.717, 1.165) is 38.7 Å². The van der Waals surface area contributed by atoms with Crippen molar-refractivity contribution in [1.82, 2.24) is 20.5 Å². The summed E-state index contributed by atoms with van der Waals surface area (Å²) >= 11 is 1.87. The second kappa shape index (κ2) is 11.4. The third-order valence-electron chi connectivity index (χ3n) is 10.5. The van der Waals surface area contributed by atoms with E-state index in [1.165, 1.54) is 47.6 Å². The Morgan fingerprint density at radius 2 is 1.14 bits per heavy atom. The van der Waals surface area contributed by atoms with Crippen LogP contribution in [0.3, 0.4) is 0 Å². The lowest BCUT2D eigenvalue weighted by Crippen LogP contribution is -2.54. The first-order valence-corrected chi connectivity index (χ1v) is 18.3. The van der Waals surface area contributed by atoms with Crippen LogP contribution in [0.5, 0.6) is 0 Å². The van der Waals surface area contributed by atoms with Crippen molar-refractivity contribution in [3.8, 4) is 5.69 Å². The maximum Gasteiger partial charge on any atom is 0.159 e. The first-order valence-electron chi connectivity index (χ1n) is 17.5. The van der Waals surface area contributed by atoms with Gasteiger partial charge in [0.2, 0.25) is 0 Å². The number of hydrogen-bond acceptors (Lipinski definition) is 5. The van der Waals surface area contributed by atoms with E-state index < -0.39 is 0 Å². The lowest BCUT2D eigenvalue weighted by Gasteiger charge is -2.39.